The molecule has 1 aliphatic rings. The second kappa shape index (κ2) is 2.75. The predicted octanol–water partition coefficient (Wildman–Crippen LogP) is 2.23. The zero-order chi connectivity index (χ0) is 8.55. The van der Waals surface area contributed by atoms with Crippen molar-refractivity contribution >= 4 is 21.3 Å². The Hall–Kier alpha value is -1.10. The Morgan fingerprint density at radius 2 is 2.33 bits per heavy atom. The minimum Gasteiger partial charge on any atom is -0.374 e. The van der Waals surface area contributed by atoms with Crippen molar-refractivity contribution < 1.29 is 4.92 Å². The van der Waals surface area contributed by atoms with Crippen LogP contribution < -0.4 is 5.32 Å². The van der Waals surface area contributed by atoms with E-state index in [1.165, 1.54) is 30.2 Å². The zero-order valence-corrected chi connectivity index (χ0v) is 7.13. The summed E-state index contributed by atoms with van der Waals surface area (Å²) in [5, 5.41) is 14.6. The van der Waals surface area contributed by atoms with Gasteiger partial charge < -0.3 is 5.32 Å². The molecule has 0 spiro atoms. The van der Waals surface area contributed by atoms with Crippen LogP contribution >= 0.6 is 11.3 Å². The Bertz CT molecular complexity index is 306. The van der Waals surface area contributed by atoms with Gasteiger partial charge in [0.2, 0.25) is 0 Å². The molecule has 1 aromatic rings. The molecule has 0 aromatic carbocycles. The van der Waals surface area contributed by atoms with Gasteiger partial charge in [-0.1, -0.05) is 0 Å². The molecule has 0 aliphatic heterocycles. The third kappa shape index (κ3) is 1.55. The maximum Gasteiger partial charge on any atom is 0.326 e. The van der Waals surface area contributed by atoms with E-state index in [0.29, 0.717) is 6.04 Å². The van der Waals surface area contributed by atoms with Crippen LogP contribution in [-0.2, 0) is 0 Å². The van der Waals surface area contributed by atoms with Crippen LogP contribution in [0.4, 0.5) is 10.0 Å². The van der Waals surface area contributed by atoms with E-state index in [2.05, 4.69) is 5.32 Å². The highest BCUT2D eigenvalue weighted by atomic mass is 32.1. The molecule has 1 saturated carbocycles. The Labute approximate surface area is 73.4 Å². The fourth-order valence-electron chi connectivity index (χ4n) is 0.932. The van der Waals surface area contributed by atoms with E-state index in [-0.39, 0.29) is 9.92 Å². The van der Waals surface area contributed by atoms with Crippen molar-refractivity contribution in [3.63, 3.8) is 0 Å². The molecule has 5 heteroatoms. The Morgan fingerprint density at radius 3 is 2.83 bits per heavy atom. The second-order valence-electron chi connectivity index (χ2n) is 2.81. The number of nitrogens with one attached hydrogen (secondary N) is 1. The predicted molar refractivity (Wildman–Crippen MR) is 47.6 cm³/mol. The number of thiophene rings is 1. The van der Waals surface area contributed by atoms with Crippen LogP contribution in [0.5, 0.6) is 0 Å². The number of hydrogen-bond donors (Lipinski definition) is 1. The molecule has 0 amide bonds. The first kappa shape index (κ1) is 7.54. The highest BCUT2D eigenvalue weighted by Gasteiger charge is 2.22. The average molecular weight is 184 g/mol. The van der Waals surface area contributed by atoms with Crippen molar-refractivity contribution in [3.05, 3.63) is 22.2 Å². The largest absolute Gasteiger partial charge is 0.374 e. The quantitative estimate of drug-likeness (QED) is 0.579. The number of anilines is 1. The van der Waals surface area contributed by atoms with Gasteiger partial charge in [0.05, 0.1) is 9.92 Å². The summed E-state index contributed by atoms with van der Waals surface area (Å²) >= 11 is 1.20. The summed E-state index contributed by atoms with van der Waals surface area (Å²) in [6, 6.07) is 3.86. The maximum absolute atomic E-state index is 10.3. The topological polar surface area (TPSA) is 55.2 Å². The highest BCUT2D eigenvalue weighted by Crippen LogP contribution is 2.32. The molecule has 1 aliphatic carbocycles. The van der Waals surface area contributed by atoms with Gasteiger partial charge in [0.15, 0.2) is 0 Å². The van der Waals surface area contributed by atoms with Gasteiger partial charge in [-0.3, -0.25) is 10.1 Å². The molecular formula is C7H8N2O2S. The highest BCUT2D eigenvalue weighted by molar-refractivity contribution is 7.19. The molecule has 1 aromatic heterocycles. The van der Waals surface area contributed by atoms with E-state index < -0.39 is 0 Å². The normalized spacial score (nSPS) is 16.0. The van der Waals surface area contributed by atoms with Crippen molar-refractivity contribution in [2.24, 2.45) is 0 Å². The van der Waals surface area contributed by atoms with E-state index >= 15 is 0 Å². The van der Waals surface area contributed by atoms with Crippen LogP contribution in [0.15, 0.2) is 12.1 Å². The van der Waals surface area contributed by atoms with Gasteiger partial charge in [-0.25, -0.2) is 0 Å². The van der Waals surface area contributed by atoms with Gasteiger partial charge in [-0.2, -0.15) is 0 Å². The van der Waals surface area contributed by atoms with Crippen LogP contribution in [0.25, 0.3) is 0 Å². The summed E-state index contributed by atoms with van der Waals surface area (Å²) in [6.07, 6.45) is 2.37. The standard InChI is InChI=1S/C7H8N2O2S/c10-9(11)7-4-3-6(12-7)8-5-1-2-5/h3-5,8H,1-2H2. The van der Waals surface area contributed by atoms with Gasteiger partial charge in [0.25, 0.3) is 0 Å². The molecule has 0 atom stereocenters. The van der Waals surface area contributed by atoms with Crippen molar-refractivity contribution in [2.45, 2.75) is 18.9 Å². The summed E-state index contributed by atoms with van der Waals surface area (Å²) in [5.41, 5.74) is 0. The summed E-state index contributed by atoms with van der Waals surface area (Å²) in [6.45, 7) is 0. The summed E-state index contributed by atoms with van der Waals surface area (Å²) in [7, 11) is 0. The van der Waals surface area contributed by atoms with Crippen molar-refractivity contribution in [1.29, 1.82) is 0 Å². The number of rotatable bonds is 3. The van der Waals surface area contributed by atoms with Crippen LogP contribution in [0.2, 0.25) is 0 Å². The van der Waals surface area contributed by atoms with E-state index in [1.807, 2.05) is 0 Å². The van der Waals surface area contributed by atoms with Crippen LogP contribution in [-0.4, -0.2) is 11.0 Å². The first-order chi connectivity index (χ1) is 5.75. The monoisotopic (exact) mass is 184 g/mol. The lowest BCUT2D eigenvalue weighted by atomic mass is 10.5. The smallest absolute Gasteiger partial charge is 0.326 e. The van der Waals surface area contributed by atoms with E-state index in [4.69, 9.17) is 0 Å². The van der Waals surface area contributed by atoms with Crippen molar-refractivity contribution in [1.82, 2.24) is 0 Å². The lowest BCUT2D eigenvalue weighted by Gasteiger charge is -1.95. The molecule has 1 heterocycles. The summed E-state index contributed by atoms with van der Waals surface area (Å²) < 4.78 is 0. The average Bonchev–Trinajstić information content (AvgIpc) is 2.66. The molecular weight excluding hydrogens is 176 g/mol. The molecule has 4 nitrogen and oxygen atoms in total. The van der Waals surface area contributed by atoms with Crippen LogP contribution in [0, 0.1) is 10.1 Å². The van der Waals surface area contributed by atoms with Gasteiger partial charge in [0.1, 0.15) is 0 Å². The SMILES string of the molecule is O=[N+]([O-])c1ccc(NC2CC2)s1. The van der Waals surface area contributed by atoms with Crippen molar-refractivity contribution in [2.75, 3.05) is 5.32 Å². The fraction of sp³-hybridized carbons (Fsp3) is 0.429. The molecule has 1 N–H and O–H groups in total. The molecule has 0 radical (unpaired) electrons. The first-order valence-corrected chi connectivity index (χ1v) is 4.58. The Morgan fingerprint density at radius 1 is 1.58 bits per heavy atom. The van der Waals surface area contributed by atoms with Gasteiger partial charge in [-0.15, -0.1) is 0 Å². The van der Waals surface area contributed by atoms with E-state index in [1.54, 1.807) is 6.07 Å². The first-order valence-electron chi connectivity index (χ1n) is 3.76. The minimum absolute atomic E-state index is 0.207. The lowest BCUT2D eigenvalue weighted by Crippen LogP contribution is -1.97. The minimum atomic E-state index is -0.358. The van der Waals surface area contributed by atoms with Crippen LogP contribution in [0.3, 0.4) is 0 Å². The van der Waals surface area contributed by atoms with Gasteiger partial charge in [-0.05, 0) is 30.2 Å². The zero-order valence-electron chi connectivity index (χ0n) is 6.32. The lowest BCUT2D eigenvalue weighted by molar-refractivity contribution is -0.380. The fourth-order valence-corrected chi connectivity index (χ4v) is 1.73. The molecule has 1 fully saturated rings. The molecule has 0 bridgehead atoms. The molecule has 12 heavy (non-hydrogen) atoms. The van der Waals surface area contributed by atoms with Gasteiger partial charge >= 0.3 is 5.00 Å². The summed E-state index contributed by atoms with van der Waals surface area (Å²) in [4.78, 5) is 9.95. The number of hydrogen-bond acceptors (Lipinski definition) is 4. The van der Waals surface area contributed by atoms with Crippen molar-refractivity contribution in [3.8, 4) is 0 Å². The number of nitrogens with zero attached hydrogens (tertiary/aromatic N) is 1. The Balaban J connectivity index is 2.06. The van der Waals surface area contributed by atoms with E-state index in [9.17, 15) is 10.1 Å². The third-order valence-corrected chi connectivity index (χ3v) is 2.66. The van der Waals surface area contributed by atoms with E-state index in [0.717, 1.165) is 5.00 Å². The molecule has 0 unspecified atom stereocenters. The Kier molecular flexibility index (Phi) is 1.73. The number of nitro groups is 1. The molecule has 0 saturated heterocycles. The second-order valence-corrected chi connectivity index (χ2v) is 3.88. The molecule has 64 valence electrons. The maximum atomic E-state index is 10.3. The van der Waals surface area contributed by atoms with Gasteiger partial charge in [0, 0.05) is 12.1 Å². The summed E-state index contributed by atoms with van der Waals surface area (Å²) in [5.74, 6) is 0. The third-order valence-electron chi connectivity index (χ3n) is 1.70. The molecule has 2 rings (SSSR count). The van der Waals surface area contributed by atoms with Crippen LogP contribution in [0.1, 0.15) is 12.8 Å².